The summed E-state index contributed by atoms with van der Waals surface area (Å²) in [6.45, 7) is 0.765. The van der Waals surface area contributed by atoms with Gasteiger partial charge in [0.05, 0.1) is 6.61 Å². The molecule has 3 rings (SSSR count). The van der Waals surface area contributed by atoms with Crippen molar-refractivity contribution in [2.75, 3.05) is 6.61 Å². The van der Waals surface area contributed by atoms with E-state index in [0.717, 1.165) is 17.9 Å². The lowest BCUT2D eigenvalue weighted by atomic mass is 10.2. The van der Waals surface area contributed by atoms with E-state index >= 15 is 0 Å². The molecule has 0 N–H and O–H groups in total. The molecule has 1 aromatic heterocycles. The summed E-state index contributed by atoms with van der Waals surface area (Å²) in [5, 5.41) is 0. The lowest BCUT2D eigenvalue weighted by Gasteiger charge is -1.91. The molecule has 0 aliphatic carbocycles. The van der Waals surface area contributed by atoms with E-state index in [1.165, 1.54) is 0 Å². The number of rotatable bonds is 2. The van der Waals surface area contributed by atoms with E-state index in [4.69, 9.17) is 9.15 Å². The average Bonchev–Trinajstić information content (AvgIpc) is 2.98. The van der Waals surface area contributed by atoms with Gasteiger partial charge in [0.15, 0.2) is 0 Å². The van der Waals surface area contributed by atoms with Crippen molar-refractivity contribution in [2.45, 2.75) is 6.10 Å². The van der Waals surface area contributed by atoms with E-state index in [0.29, 0.717) is 5.89 Å². The highest BCUT2D eigenvalue weighted by Gasteiger charge is 2.28. The fourth-order valence-corrected chi connectivity index (χ4v) is 1.37. The fourth-order valence-electron chi connectivity index (χ4n) is 1.37. The molecule has 1 unspecified atom stereocenters. The number of ether oxygens (including phenoxy) is 1. The molecule has 3 nitrogen and oxygen atoms in total. The number of nitrogens with zero attached hydrogens (tertiary/aromatic N) is 1. The van der Waals surface area contributed by atoms with Gasteiger partial charge in [0, 0.05) is 5.56 Å². The van der Waals surface area contributed by atoms with Gasteiger partial charge in [0.25, 0.3) is 0 Å². The minimum Gasteiger partial charge on any atom is -0.444 e. The zero-order chi connectivity index (χ0) is 9.38. The Kier molecular flexibility index (Phi) is 1.64. The van der Waals surface area contributed by atoms with Crippen LogP contribution in [-0.2, 0) is 4.74 Å². The van der Waals surface area contributed by atoms with Crippen molar-refractivity contribution >= 4 is 0 Å². The van der Waals surface area contributed by atoms with E-state index in [9.17, 15) is 0 Å². The molecule has 0 amide bonds. The van der Waals surface area contributed by atoms with Crippen LogP contribution in [0, 0.1) is 0 Å². The Balaban J connectivity index is 1.96. The third kappa shape index (κ3) is 1.32. The number of hydrogen-bond donors (Lipinski definition) is 0. The van der Waals surface area contributed by atoms with E-state index in [1.54, 1.807) is 6.26 Å². The lowest BCUT2D eigenvalue weighted by Crippen LogP contribution is -1.80. The molecule has 0 spiro atoms. The minimum atomic E-state index is 0.163. The van der Waals surface area contributed by atoms with Gasteiger partial charge < -0.3 is 9.15 Å². The normalized spacial score (nSPS) is 19.6. The smallest absolute Gasteiger partial charge is 0.226 e. The van der Waals surface area contributed by atoms with Crippen LogP contribution in [0.25, 0.3) is 11.5 Å². The van der Waals surface area contributed by atoms with Crippen LogP contribution in [0.2, 0.25) is 0 Å². The molecule has 1 saturated heterocycles. The highest BCUT2D eigenvalue weighted by Crippen LogP contribution is 2.30. The van der Waals surface area contributed by atoms with Gasteiger partial charge in [-0.2, -0.15) is 0 Å². The molecule has 70 valence electrons. The summed E-state index contributed by atoms with van der Waals surface area (Å²) >= 11 is 0. The Morgan fingerprint density at radius 3 is 2.71 bits per heavy atom. The molecule has 2 aromatic rings. The van der Waals surface area contributed by atoms with Crippen molar-refractivity contribution in [2.24, 2.45) is 0 Å². The second kappa shape index (κ2) is 2.96. The number of hydrogen-bond acceptors (Lipinski definition) is 3. The van der Waals surface area contributed by atoms with E-state index < -0.39 is 0 Å². The number of aromatic nitrogens is 1. The zero-order valence-electron chi connectivity index (χ0n) is 7.51. The summed E-state index contributed by atoms with van der Waals surface area (Å²) in [6.07, 6.45) is 1.83. The van der Waals surface area contributed by atoms with E-state index in [2.05, 4.69) is 4.98 Å². The largest absolute Gasteiger partial charge is 0.444 e. The van der Waals surface area contributed by atoms with Crippen LogP contribution in [0.15, 0.2) is 41.0 Å². The summed E-state index contributed by atoms with van der Waals surface area (Å²) in [4.78, 5) is 4.35. The highest BCUT2D eigenvalue weighted by molar-refractivity contribution is 5.52. The number of epoxide rings is 1. The molecule has 1 atom stereocenters. The summed E-state index contributed by atoms with van der Waals surface area (Å²) in [6, 6.07) is 9.85. The third-order valence-electron chi connectivity index (χ3n) is 2.21. The quantitative estimate of drug-likeness (QED) is 0.677. The average molecular weight is 187 g/mol. The molecule has 1 aromatic carbocycles. The van der Waals surface area contributed by atoms with Crippen LogP contribution in [0.1, 0.15) is 11.8 Å². The first kappa shape index (κ1) is 7.76. The van der Waals surface area contributed by atoms with Crippen molar-refractivity contribution < 1.29 is 9.15 Å². The van der Waals surface area contributed by atoms with Gasteiger partial charge in [-0.1, -0.05) is 18.2 Å². The van der Waals surface area contributed by atoms with Gasteiger partial charge in [-0.25, -0.2) is 4.98 Å². The van der Waals surface area contributed by atoms with Crippen molar-refractivity contribution in [3.63, 3.8) is 0 Å². The van der Waals surface area contributed by atoms with E-state index in [1.807, 2.05) is 30.3 Å². The Morgan fingerprint density at radius 1 is 1.21 bits per heavy atom. The van der Waals surface area contributed by atoms with Crippen LogP contribution < -0.4 is 0 Å². The van der Waals surface area contributed by atoms with Crippen LogP contribution in [0.4, 0.5) is 0 Å². The van der Waals surface area contributed by atoms with Gasteiger partial charge in [-0.15, -0.1) is 0 Å². The van der Waals surface area contributed by atoms with Gasteiger partial charge >= 0.3 is 0 Å². The summed E-state index contributed by atoms with van der Waals surface area (Å²) in [5.74, 6) is 0.663. The maximum atomic E-state index is 5.36. The zero-order valence-corrected chi connectivity index (χ0v) is 7.51. The first-order chi connectivity index (χ1) is 6.93. The maximum Gasteiger partial charge on any atom is 0.226 e. The summed E-state index contributed by atoms with van der Waals surface area (Å²) in [7, 11) is 0. The maximum absolute atomic E-state index is 5.36. The van der Waals surface area contributed by atoms with Crippen LogP contribution in [-0.4, -0.2) is 11.6 Å². The van der Waals surface area contributed by atoms with Gasteiger partial charge in [-0.3, -0.25) is 0 Å². The SMILES string of the molecule is c1ccc(-c2nc(C3CO3)co2)cc1. The highest BCUT2D eigenvalue weighted by atomic mass is 16.6. The fraction of sp³-hybridized carbons (Fsp3) is 0.182. The molecule has 0 bridgehead atoms. The topological polar surface area (TPSA) is 38.6 Å². The first-order valence-electron chi connectivity index (χ1n) is 4.56. The van der Waals surface area contributed by atoms with Crippen LogP contribution >= 0.6 is 0 Å². The molecule has 0 radical (unpaired) electrons. The second-order valence-electron chi connectivity index (χ2n) is 3.27. The van der Waals surface area contributed by atoms with Crippen LogP contribution in [0.3, 0.4) is 0 Å². The lowest BCUT2D eigenvalue weighted by molar-refractivity contribution is 0.410. The van der Waals surface area contributed by atoms with Crippen molar-refractivity contribution in [1.29, 1.82) is 0 Å². The monoisotopic (exact) mass is 187 g/mol. The molecular weight excluding hydrogens is 178 g/mol. The Labute approximate surface area is 81.3 Å². The Hall–Kier alpha value is -1.61. The van der Waals surface area contributed by atoms with Gasteiger partial charge in [0.1, 0.15) is 18.1 Å². The van der Waals surface area contributed by atoms with Crippen molar-refractivity contribution in [3.05, 3.63) is 42.3 Å². The van der Waals surface area contributed by atoms with Crippen molar-refractivity contribution in [1.82, 2.24) is 4.98 Å². The molecule has 1 aliphatic heterocycles. The van der Waals surface area contributed by atoms with Crippen molar-refractivity contribution in [3.8, 4) is 11.5 Å². The van der Waals surface area contributed by atoms with Gasteiger partial charge in [-0.05, 0) is 12.1 Å². The summed E-state index contributed by atoms with van der Waals surface area (Å²) in [5.41, 5.74) is 1.89. The molecule has 14 heavy (non-hydrogen) atoms. The Morgan fingerprint density at radius 2 is 2.00 bits per heavy atom. The molecule has 1 aliphatic rings. The Bertz CT molecular complexity index is 432. The molecule has 2 heterocycles. The van der Waals surface area contributed by atoms with Crippen LogP contribution in [0.5, 0.6) is 0 Å². The first-order valence-corrected chi connectivity index (χ1v) is 4.56. The third-order valence-corrected chi connectivity index (χ3v) is 2.21. The molecular formula is C11H9NO2. The summed E-state index contributed by atoms with van der Waals surface area (Å²) < 4.78 is 10.5. The minimum absolute atomic E-state index is 0.163. The standard InChI is InChI=1S/C11H9NO2/c1-2-4-8(5-3-1)11-12-9(6-14-11)10-7-13-10/h1-6,10H,7H2. The number of oxazole rings is 1. The number of benzene rings is 1. The molecule has 3 heteroatoms. The predicted octanol–water partition coefficient (Wildman–Crippen LogP) is 2.41. The molecule has 1 fully saturated rings. The second-order valence-corrected chi connectivity index (χ2v) is 3.27. The predicted molar refractivity (Wildman–Crippen MR) is 50.6 cm³/mol. The van der Waals surface area contributed by atoms with E-state index in [-0.39, 0.29) is 6.10 Å². The molecule has 0 saturated carbocycles. The van der Waals surface area contributed by atoms with Gasteiger partial charge in [0.2, 0.25) is 5.89 Å².